The van der Waals surface area contributed by atoms with Gasteiger partial charge in [0.05, 0.1) is 21.1 Å². The topological polar surface area (TPSA) is 92.5 Å². The van der Waals surface area contributed by atoms with Crippen molar-refractivity contribution in [3.63, 3.8) is 0 Å². The van der Waals surface area contributed by atoms with Gasteiger partial charge in [-0.2, -0.15) is 0 Å². The minimum Gasteiger partial charge on any atom is -0.505 e. The maximum Gasteiger partial charge on any atom is 0.274 e. The Hall–Kier alpha value is -1.63. The van der Waals surface area contributed by atoms with Crippen molar-refractivity contribution in [2.24, 2.45) is 0 Å². The van der Waals surface area contributed by atoms with Crippen LogP contribution in [0, 0.1) is 10.1 Å². The van der Waals surface area contributed by atoms with E-state index in [0.717, 1.165) is 6.07 Å². The van der Waals surface area contributed by atoms with Gasteiger partial charge in [-0.05, 0) is 15.9 Å². The Morgan fingerprint density at radius 2 is 2.20 bits per heavy atom. The lowest BCUT2D eigenvalue weighted by Crippen LogP contribution is -2.06. The first-order valence-electron chi connectivity index (χ1n) is 3.86. The molecule has 0 bridgehead atoms. The monoisotopic (exact) mass is 274 g/mol. The van der Waals surface area contributed by atoms with E-state index >= 15 is 0 Å². The average Bonchev–Trinajstić information content (AvgIpc) is 2.10. The predicted molar refractivity (Wildman–Crippen MR) is 56.8 cm³/mol. The first-order valence-corrected chi connectivity index (χ1v) is 4.65. The van der Waals surface area contributed by atoms with Gasteiger partial charge >= 0.3 is 0 Å². The minimum atomic E-state index is -0.637. The molecule has 0 unspecified atom stereocenters. The smallest absolute Gasteiger partial charge is 0.274 e. The second-order valence-corrected chi connectivity index (χ2v) is 3.61. The molecule has 1 rings (SSSR count). The molecule has 6 nitrogen and oxygen atoms in total. The molecule has 7 heteroatoms. The Morgan fingerprint density at radius 3 is 2.60 bits per heavy atom. The number of rotatable bonds is 2. The Balaban J connectivity index is 3.21. The molecule has 1 aromatic rings. The molecule has 1 aromatic carbocycles. The molecule has 2 N–H and O–H groups in total. The van der Waals surface area contributed by atoms with Gasteiger partial charge in [-0.1, -0.05) is 0 Å². The van der Waals surface area contributed by atoms with Crippen LogP contribution in [-0.2, 0) is 4.79 Å². The molecule has 0 saturated carbocycles. The van der Waals surface area contributed by atoms with Gasteiger partial charge < -0.3 is 10.4 Å². The fraction of sp³-hybridized carbons (Fsp3) is 0.125. The lowest BCUT2D eigenvalue weighted by Gasteiger charge is -2.07. The van der Waals surface area contributed by atoms with Crippen LogP contribution in [0.3, 0.4) is 0 Å². The molecular weight excluding hydrogens is 268 g/mol. The lowest BCUT2D eigenvalue weighted by atomic mass is 10.2. The van der Waals surface area contributed by atoms with Crippen LogP contribution < -0.4 is 5.32 Å². The van der Waals surface area contributed by atoms with Crippen LogP contribution in [-0.4, -0.2) is 15.9 Å². The number of carbonyl (C=O) groups excluding carboxylic acids is 1. The van der Waals surface area contributed by atoms with Gasteiger partial charge in [0, 0.05) is 13.0 Å². The van der Waals surface area contributed by atoms with Crippen LogP contribution in [0.1, 0.15) is 6.92 Å². The summed E-state index contributed by atoms with van der Waals surface area (Å²) in [6, 6.07) is 2.17. The number of halogens is 1. The van der Waals surface area contributed by atoms with E-state index in [1.807, 2.05) is 0 Å². The number of benzene rings is 1. The largest absolute Gasteiger partial charge is 0.505 e. The first-order chi connectivity index (χ1) is 6.91. The molecule has 0 aliphatic carbocycles. The van der Waals surface area contributed by atoms with E-state index in [0.29, 0.717) is 0 Å². The van der Waals surface area contributed by atoms with E-state index in [1.54, 1.807) is 0 Å². The van der Waals surface area contributed by atoms with Crippen molar-refractivity contribution >= 4 is 33.2 Å². The molecule has 0 spiro atoms. The highest BCUT2D eigenvalue weighted by atomic mass is 79.9. The van der Waals surface area contributed by atoms with Crippen LogP contribution in [0.15, 0.2) is 16.6 Å². The molecule has 0 aliphatic heterocycles. The van der Waals surface area contributed by atoms with Crippen LogP contribution in [0.2, 0.25) is 0 Å². The summed E-state index contributed by atoms with van der Waals surface area (Å²) in [6.07, 6.45) is 0. The fourth-order valence-corrected chi connectivity index (χ4v) is 1.52. The number of carbonyl (C=O) groups is 1. The number of non-ortho nitro benzene ring substituents is 1. The van der Waals surface area contributed by atoms with Gasteiger partial charge in [0.15, 0.2) is 0 Å². The Morgan fingerprint density at radius 1 is 1.60 bits per heavy atom. The van der Waals surface area contributed by atoms with Crippen molar-refractivity contribution in [2.75, 3.05) is 5.32 Å². The molecule has 0 fully saturated rings. The maximum absolute atomic E-state index is 10.8. The Labute approximate surface area is 93.2 Å². The van der Waals surface area contributed by atoms with Crippen LogP contribution in [0.25, 0.3) is 0 Å². The van der Waals surface area contributed by atoms with Gasteiger partial charge in [-0.15, -0.1) is 0 Å². The number of nitrogens with zero attached hydrogens (tertiary/aromatic N) is 1. The van der Waals surface area contributed by atoms with Crippen LogP contribution >= 0.6 is 15.9 Å². The van der Waals surface area contributed by atoms with Crippen LogP contribution in [0.5, 0.6) is 5.75 Å². The second-order valence-electron chi connectivity index (χ2n) is 2.76. The minimum absolute atomic E-state index is 0.119. The highest BCUT2D eigenvalue weighted by Crippen LogP contribution is 2.35. The van der Waals surface area contributed by atoms with Crippen molar-refractivity contribution in [2.45, 2.75) is 6.92 Å². The summed E-state index contributed by atoms with van der Waals surface area (Å²) in [4.78, 5) is 20.5. The Bertz CT molecular complexity index is 410. The summed E-state index contributed by atoms with van der Waals surface area (Å²) >= 11 is 3.02. The summed E-state index contributed by atoms with van der Waals surface area (Å²) in [5.74, 6) is -0.730. The fourth-order valence-electron chi connectivity index (χ4n) is 0.983. The zero-order valence-corrected chi connectivity index (χ0v) is 9.24. The molecule has 0 heterocycles. The highest BCUT2D eigenvalue weighted by molar-refractivity contribution is 9.10. The van der Waals surface area contributed by atoms with E-state index in [1.165, 1.54) is 13.0 Å². The number of hydrogen-bond acceptors (Lipinski definition) is 4. The van der Waals surface area contributed by atoms with Gasteiger partial charge in [0.1, 0.15) is 5.75 Å². The third-order valence-electron chi connectivity index (χ3n) is 1.57. The van der Waals surface area contributed by atoms with Gasteiger partial charge in [0.25, 0.3) is 5.69 Å². The number of nitrogens with one attached hydrogen (secondary N) is 1. The summed E-state index contributed by atoms with van der Waals surface area (Å²) < 4.78 is 0.254. The van der Waals surface area contributed by atoms with Crippen LogP contribution in [0.4, 0.5) is 11.4 Å². The number of amides is 1. The molecule has 80 valence electrons. The number of phenols is 1. The number of nitro benzene ring substituents is 1. The number of phenolic OH excluding ortho intramolecular Hbond substituents is 1. The van der Waals surface area contributed by atoms with Gasteiger partial charge in [-0.3, -0.25) is 14.9 Å². The average molecular weight is 275 g/mol. The quantitative estimate of drug-likeness (QED) is 0.490. The van der Waals surface area contributed by atoms with Crippen molar-refractivity contribution in [1.82, 2.24) is 0 Å². The zero-order valence-electron chi connectivity index (χ0n) is 7.65. The van der Waals surface area contributed by atoms with E-state index in [2.05, 4.69) is 21.2 Å². The molecule has 15 heavy (non-hydrogen) atoms. The summed E-state index contributed by atoms with van der Waals surface area (Å²) in [5.41, 5.74) is -0.137. The number of hydrogen-bond donors (Lipinski definition) is 2. The number of nitro groups is 1. The molecule has 0 aliphatic rings. The zero-order chi connectivity index (χ0) is 11.6. The first kappa shape index (κ1) is 11.4. The number of aromatic hydroxyl groups is 1. The highest BCUT2D eigenvalue weighted by Gasteiger charge is 2.15. The standard InChI is InChI=1S/C8H7BrN2O4/c1-4(12)10-8-6(9)2-5(11(14)15)3-7(8)13/h2-3,13H,1H3,(H,10,12). The van der Waals surface area contributed by atoms with Crippen molar-refractivity contribution in [3.05, 3.63) is 26.7 Å². The number of anilines is 1. The van der Waals surface area contributed by atoms with E-state index in [9.17, 15) is 20.0 Å². The molecule has 0 atom stereocenters. The van der Waals surface area contributed by atoms with Crippen molar-refractivity contribution < 1.29 is 14.8 Å². The van der Waals surface area contributed by atoms with Gasteiger partial charge in [0.2, 0.25) is 5.91 Å². The normalized spacial score (nSPS) is 9.73. The van der Waals surface area contributed by atoms with E-state index in [4.69, 9.17) is 0 Å². The van der Waals surface area contributed by atoms with Gasteiger partial charge in [-0.25, -0.2) is 0 Å². The van der Waals surface area contributed by atoms with E-state index < -0.39 is 4.92 Å². The summed E-state index contributed by atoms with van der Waals surface area (Å²) in [7, 11) is 0. The second kappa shape index (κ2) is 4.26. The van der Waals surface area contributed by atoms with Crippen molar-refractivity contribution in [3.8, 4) is 5.75 Å². The lowest BCUT2D eigenvalue weighted by molar-refractivity contribution is -0.385. The third kappa shape index (κ3) is 2.66. The predicted octanol–water partition coefficient (Wildman–Crippen LogP) is 2.02. The summed E-state index contributed by atoms with van der Waals surface area (Å²) in [6.45, 7) is 1.27. The van der Waals surface area contributed by atoms with Crippen molar-refractivity contribution in [1.29, 1.82) is 0 Å². The summed E-state index contributed by atoms with van der Waals surface area (Å²) in [5, 5.41) is 22.2. The Kier molecular flexibility index (Phi) is 3.25. The molecule has 0 aromatic heterocycles. The molecule has 1 amide bonds. The molecular formula is C8H7BrN2O4. The SMILES string of the molecule is CC(=O)Nc1c(O)cc([N+](=O)[O-])cc1Br. The third-order valence-corrected chi connectivity index (χ3v) is 2.19. The van der Waals surface area contributed by atoms with E-state index in [-0.39, 0.29) is 27.5 Å². The molecule has 0 saturated heterocycles. The maximum atomic E-state index is 10.8. The molecule has 0 radical (unpaired) electrons.